The number of para-hydroxylation sites is 1. The number of amides is 1. The number of likely N-dealkylation sites (tertiary alicyclic amines) is 1. The summed E-state index contributed by atoms with van der Waals surface area (Å²) < 4.78 is 14.0. The third-order valence-corrected chi connectivity index (χ3v) is 7.44. The van der Waals surface area contributed by atoms with Crippen LogP contribution in [0, 0.1) is 5.92 Å². The fraction of sp³-hybridized carbons (Fsp3) is 0.385. The largest absolute Gasteiger partial charge is 0.414 e. The molecule has 0 atom stereocenters. The van der Waals surface area contributed by atoms with Gasteiger partial charge in [-0.05, 0) is 37.0 Å². The predicted octanol–water partition coefficient (Wildman–Crippen LogP) is 6.27. The van der Waals surface area contributed by atoms with Gasteiger partial charge >= 0.3 is 6.09 Å². The van der Waals surface area contributed by atoms with Crippen LogP contribution < -0.4 is 10.1 Å². The molecule has 0 spiro atoms. The summed E-state index contributed by atoms with van der Waals surface area (Å²) in [6.07, 6.45) is 1.43. The lowest BCUT2D eigenvalue weighted by atomic mass is 10.0. The number of nitrogens with one attached hydrogen (secondary N) is 1. The van der Waals surface area contributed by atoms with Gasteiger partial charge in [0.15, 0.2) is 5.76 Å². The van der Waals surface area contributed by atoms with Gasteiger partial charge in [-0.25, -0.2) is 4.79 Å². The van der Waals surface area contributed by atoms with Gasteiger partial charge in [0.2, 0.25) is 5.88 Å². The Balaban J connectivity index is 1.28. The molecule has 0 bridgehead atoms. The van der Waals surface area contributed by atoms with E-state index in [1.54, 1.807) is 0 Å². The number of nitrogens with zero attached hydrogens (tertiary/aromatic N) is 3. The lowest BCUT2D eigenvalue weighted by Crippen LogP contribution is -2.46. The number of ether oxygens (including phenoxy) is 1. The Labute approximate surface area is 213 Å². The molecule has 1 fully saturated rings. The van der Waals surface area contributed by atoms with Gasteiger partial charge in [-0.15, -0.1) is 11.3 Å². The van der Waals surface area contributed by atoms with Crippen LogP contribution in [0.25, 0.3) is 21.5 Å². The number of halogens is 1. The van der Waals surface area contributed by atoms with E-state index in [0.29, 0.717) is 28.4 Å². The van der Waals surface area contributed by atoms with Crippen LogP contribution in [0.4, 0.5) is 4.79 Å². The van der Waals surface area contributed by atoms with E-state index in [1.807, 2.05) is 53.1 Å². The highest BCUT2D eigenvalue weighted by atomic mass is 35.5. The van der Waals surface area contributed by atoms with Gasteiger partial charge in [-0.1, -0.05) is 48.8 Å². The van der Waals surface area contributed by atoms with Crippen molar-refractivity contribution in [1.82, 2.24) is 19.9 Å². The highest BCUT2D eigenvalue weighted by molar-refractivity contribution is 7.19. The molecule has 1 N–H and O–H groups in total. The number of benzene rings is 1. The normalized spacial score (nSPS) is 15.2. The summed E-state index contributed by atoms with van der Waals surface area (Å²) >= 11 is 7.50. The zero-order valence-corrected chi connectivity index (χ0v) is 21.4. The fourth-order valence-electron chi connectivity index (χ4n) is 4.61. The molecule has 35 heavy (non-hydrogen) atoms. The third-order valence-electron chi connectivity index (χ3n) is 6.20. The van der Waals surface area contributed by atoms with Crippen molar-refractivity contribution in [3.8, 4) is 16.5 Å². The molecule has 0 radical (unpaired) electrons. The third kappa shape index (κ3) is 5.72. The number of carbonyl (C=O) groups is 1. The van der Waals surface area contributed by atoms with Gasteiger partial charge in [0.1, 0.15) is 5.69 Å². The molecule has 0 unspecified atom stereocenters. The number of piperidine rings is 1. The van der Waals surface area contributed by atoms with E-state index < -0.39 is 6.09 Å². The van der Waals surface area contributed by atoms with Crippen LogP contribution in [-0.4, -0.2) is 46.4 Å². The summed E-state index contributed by atoms with van der Waals surface area (Å²) in [5, 5.41) is 8.28. The number of hydrogen-bond acceptors (Lipinski definition) is 6. The van der Waals surface area contributed by atoms with Crippen LogP contribution in [0.3, 0.4) is 0 Å². The van der Waals surface area contributed by atoms with E-state index in [1.165, 1.54) is 11.3 Å². The molecule has 184 valence electrons. The first-order valence-corrected chi connectivity index (χ1v) is 13.1. The quantitative estimate of drug-likeness (QED) is 0.316. The fourth-order valence-corrected chi connectivity index (χ4v) is 5.60. The Morgan fingerprint density at radius 2 is 2.03 bits per heavy atom. The average Bonchev–Trinajstić information content (AvgIpc) is 3.54. The maximum absolute atomic E-state index is 12.8. The van der Waals surface area contributed by atoms with Crippen molar-refractivity contribution in [2.75, 3.05) is 19.6 Å². The van der Waals surface area contributed by atoms with Crippen molar-refractivity contribution in [1.29, 1.82) is 0 Å². The molecule has 7 nitrogen and oxygen atoms in total. The van der Waals surface area contributed by atoms with Crippen molar-refractivity contribution in [3.63, 3.8) is 0 Å². The second-order valence-electron chi connectivity index (χ2n) is 9.42. The van der Waals surface area contributed by atoms with Gasteiger partial charge in [0.25, 0.3) is 0 Å². The predicted molar refractivity (Wildman–Crippen MR) is 139 cm³/mol. The minimum absolute atomic E-state index is 0.124. The smallest absolute Gasteiger partial charge is 0.393 e. The molecular weight excluding hydrogens is 484 g/mol. The first-order chi connectivity index (χ1) is 16.9. The van der Waals surface area contributed by atoms with Crippen LogP contribution in [0.1, 0.15) is 32.4 Å². The molecule has 9 heteroatoms. The number of thiophene rings is 1. The molecule has 1 saturated heterocycles. The monoisotopic (exact) mass is 512 g/mol. The first-order valence-electron chi connectivity index (χ1n) is 11.9. The van der Waals surface area contributed by atoms with Crippen LogP contribution in [0.15, 0.2) is 53.1 Å². The SMILES string of the molecule is CC(C)CN1CCC(NC(=O)Oc2cc3ccccc3n2Cc2cc(-c3ccc(Cl)s3)on2)CC1. The zero-order chi connectivity index (χ0) is 24.4. The Morgan fingerprint density at radius 3 is 2.77 bits per heavy atom. The standard InChI is InChI=1S/C26H29ClN4O3S/c1-17(2)15-30-11-9-19(10-12-30)28-26(32)33-25-13-18-5-3-4-6-21(18)31(25)16-20-14-22(34-29-20)23-7-8-24(27)35-23/h3-8,13-14,17,19H,9-12,15-16H2,1-2H3,(H,28,32). The van der Waals surface area contributed by atoms with E-state index in [0.717, 1.165) is 53.9 Å². The molecule has 0 saturated carbocycles. The van der Waals surface area contributed by atoms with Crippen LogP contribution in [-0.2, 0) is 6.54 Å². The highest BCUT2D eigenvalue weighted by Gasteiger charge is 2.23. The topological polar surface area (TPSA) is 72.5 Å². The van der Waals surface area contributed by atoms with E-state index in [-0.39, 0.29) is 6.04 Å². The lowest BCUT2D eigenvalue weighted by Gasteiger charge is -2.33. The number of rotatable bonds is 7. The summed E-state index contributed by atoms with van der Waals surface area (Å²) in [7, 11) is 0. The molecule has 0 aliphatic carbocycles. The summed E-state index contributed by atoms with van der Waals surface area (Å²) in [6.45, 7) is 7.96. The van der Waals surface area contributed by atoms with Crippen LogP contribution in [0.5, 0.6) is 5.88 Å². The zero-order valence-electron chi connectivity index (χ0n) is 19.9. The lowest BCUT2D eigenvalue weighted by molar-refractivity contribution is 0.162. The summed E-state index contributed by atoms with van der Waals surface area (Å²) in [5.41, 5.74) is 1.69. The van der Waals surface area contributed by atoms with E-state index >= 15 is 0 Å². The van der Waals surface area contributed by atoms with Crippen molar-refractivity contribution in [3.05, 3.63) is 58.6 Å². The van der Waals surface area contributed by atoms with Gasteiger partial charge < -0.3 is 24.0 Å². The maximum atomic E-state index is 12.8. The van der Waals surface area contributed by atoms with Crippen LogP contribution >= 0.6 is 22.9 Å². The second-order valence-corrected chi connectivity index (χ2v) is 11.1. The summed E-state index contributed by atoms with van der Waals surface area (Å²) in [6, 6.07) is 15.6. The Morgan fingerprint density at radius 1 is 1.23 bits per heavy atom. The van der Waals surface area contributed by atoms with E-state index in [2.05, 4.69) is 29.2 Å². The van der Waals surface area contributed by atoms with Crippen molar-refractivity contribution >= 4 is 39.9 Å². The number of aromatic nitrogens is 2. The molecule has 1 aliphatic rings. The van der Waals surface area contributed by atoms with Crippen LogP contribution in [0.2, 0.25) is 4.34 Å². The van der Waals surface area contributed by atoms with Crippen molar-refractivity contribution in [2.24, 2.45) is 5.92 Å². The molecule has 3 aromatic heterocycles. The van der Waals surface area contributed by atoms with E-state index in [9.17, 15) is 4.79 Å². The van der Waals surface area contributed by atoms with Gasteiger partial charge in [-0.3, -0.25) is 0 Å². The minimum Gasteiger partial charge on any atom is -0.393 e. The Bertz CT molecular complexity index is 1300. The molecule has 4 aromatic rings. The summed E-state index contributed by atoms with van der Waals surface area (Å²) in [4.78, 5) is 16.2. The first kappa shape index (κ1) is 23.9. The molecule has 5 rings (SSSR count). The molecule has 1 aromatic carbocycles. The molecule has 4 heterocycles. The van der Waals surface area contributed by atoms with E-state index in [4.69, 9.17) is 20.9 Å². The molecule has 1 amide bonds. The Hall–Kier alpha value is -2.81. The van der Waals surface area contributed by atoms with Crippen molar-refractivity contribution < 1.29 is 14.1 Å². The Kier molecular flexibility index (Phi) is 7.13. The maximum Gasteiger partial charge on any atom is 0.414 e. The summed E-state index contributed by atoms with van der Waals surface area (Å²) in [5.74, 6) is 1.79. The van der Waals surface area contributed by atoms with Crippen molar-refractivity contribution in [2.45, 2.75) is 39.3 Å². The highest BCUT2D eigenvalue weighted by Crippen LogP contribution is 2.32. The molecule has 1 aliphatic heterocycles. The minimum atomic E-state index is -0.426. The van der Waals surface area contributed by atoms with Gasteiger partial charge in [0.05, 0.1) is 21.3 Å². The number of hydrogen-bond donors (Lipinski definition) is 1. The second kappa shape index (κ2) is 10.4. The number of carbonyl (C=O) groups excluding carboxylic acids is 1. The van der Waals surface area contributed by atoms with Gasteiger partial charge in [-0.2, -0.15) is 0 Å². The number of fused-ring (bicyclic) bond motifs is 1. The van der Waals surface area contributed by atoms with Gasteiger partial charge in [0, 0.05) is 43.2 Å². The molecular formula is C26H29ClN4O3S. The average molecular weight is 513 g/mol.